The third-order valence-corrected chi connectivity index (χ3v) is 3.56. The summed E-state index contributed by atoms with van der Waals surface area (Å²) in [6, 6.07) is 0. The first-order valence-corrected chi connectivity index (χ1v) is 6.32. The van der Waals surface area contributed by atoms with Gasteiger partial charge in [0.1, 0.15) is 22.4 Å². The fraction of sp³-hybridized carbons (Fsp3) is 0.364. The molecule has 0 spiro atoms. The van der Waals surface area contributed by atoms with Gasteiger partial charge in [-0.25, -0.2) is 9.97 Å². The van der Waals surface area contributed by atoms with Crippen molar-refractivity contribution in [3.8, 4) is 0 Å². The van der Waals surface area contributed by atoms with Crippen molar-refractivity contribution in [1.29, 1.82) is 0 Å². The van der Waals surface area contributed by atoms with Gasteiger partial charge in [0.2, 0.25) is 0 Å². The number of aromatic nitrogens is 4. The van der Waals surface area contributed by atoms with Crippen molar-refractivity contribution in [2.45, 2.75) is 13.5 Å². The maximum absolute atomic E-state index is 4.20. The molecule has 0 unspecified atom stereocenters. The predicted octanol–water partition coefficient (Wildman–Crippen LogP) is 1.93. The molecule has 0 amide bonds. The molecule has 0 saturated carbocycles. The quantitative estimate of drug-likeness (QED) is 0.903. The van der Waals surface area contributed by atoms with Crippen molar-refractivity contribution in [3.63, 3.8) is 0 Å². The summed E-state index contributed by atoms with van der Waals surface area (Å²) < 4.78 is 2.68. The average Bonchev–Trinajstić information content (AvgIpc) is 2.69. The highest BCUT2D eigenvalue weighted by atomic mass is 79.9. The van der Waals surface area contributed by atoms with Crippen molar-refractivity contribution >= 4 is 27.6 Å². The van der Waals surface area contributed by atoms with Crippen LogP contribution in [-0.2, 0) is 13.6 Å². The van der Waals surface area contributed by atoms with Crippen molar-refractivity contribution in [2.75, 3.05) is 17.7 Å². The molecular formula is C11H15BrN6. The predicted molar refractivity (Wildman–Crippen MR) is 74.6 cm³/mol. The number of nitrogens with one attached hydrogen (secondary N) is 2. The number of hydrogen-bond donors (Lipinski definition) is 2. The Balaban J connectivity index is 2.13. The van der Waals surface area contributed by atoms with Crippen LogP contribution >= 0.6 is 15.9 Å². The van der Waals surface area contributed by atoms with Crippen molar-refractivity contribution in [2.24, 2.45) is 7.05 Å². The largest absolute Gasteiger partial charge is 0.372 e. The van der Waals surface area contributed by atoms with E-state index >= 15 is 0 Å². The highest BCUT2D eigenvalue weighted by Crippen LogP contribution is 2.26. The SMILES string of the molecule is CNc1ncnc(NCc2cnn(C)c2C)c1Br. The monoisotopic (exact) mass is 310 g/mol. The van der Waals surface area contributed by atoms with Gasteiger partial charge in [-0.15, -0.1) is 0 Å². The van der Waals surface area contributed by atoms with E-state index in [0.29, 0.717) is 6.54 Å². The smallest absolute Gasteiger partial charge is 0.146 e. The summed E-state index contributed by atoms with van der Waals surface area (Å²) in [4.78, 5) is 8.31. The van der Waals surface area contributed by atoms with Crippen molar-refractivity contribution in [3.05, 3.63) is 28.3 Å². The molecular weight excluding hydrogens is 296 g/mol. The third-order valence-electron chi connectivity index (χ3n) is 2.81. The van der Waals surface area contributed by atoms with E-state index in [1.807, 2.05) is 31.9 Å². The van der Waals surface area contributed by atoms with Gasteiger partial charge < -0.3 is 10.6 Å². The Morgan fingerprint density at radius 2 is 2.06 bits per heavy atom. The molecule has 0 fully saturated rings. The van der Waals surface area contributed by atoms with Gasteiger partial charge >= 0.3 is 0 Å². The zero-order valence-corrected chi connectivity index (χ0v) is 12.1. The van der Waals surface area contributed by atoms with E-state index in [1.54, 1.807) is 0 Å². The van der Waals surface area contributed by atoms with E-state index < -0.39 is 0 Å². The molecule has 0 aliphatic carbocycles. The number of halogens is 1. The number of nitrogens with zero attached hydrogens (tertiary/aromatic N) is 4. The highest BCUT2D eigenvalue weighted by molar-refractivity contribution is 9.10. The Kier molecular flexibility index (Phi) is 3.81. The molecule has 6 nitrogen and oxygen atoms in total. The lowest BCUT2D eigenvalue weighted by molar-refractivity contribution is 0.738. The number of anilines is 2. The lowest BCUT2D eigenvalue weighted by atomic mass is 10.2. The molecule has 0 atom stereocenters. The minimum atomic E-state index is 0.679. The van der Waals surface area contributed by atoms with Crippen LogP contribution in [0.5, 0.6) is 0 Å². The van der Waals surface area contributed by atoms with Crippen LogP contribution in [0, 0.1) is 6.92 Å². The van der Waals surface area contributed by atoms with Gasteiger partial charge in [0, 0.05) is 31.9 Å². The van der Waals surface area contributed by atoms with Crippen LogP contribution in [-0.4, -0.2) is 26.8 Å². The Morgan fingerprint density at radius 1 is 1.33 bits per heavy atom. The standard InChI is InChI=1S/C11H15BrN6/c1-7-8(5-17-18(7)3)4-14-11-9(12)10(13-2)15-6-16-11/h5-6H,4H2,1-3H3,(H2,13,14,15,16). The molecule has 0 radical (unpaired) electrons. The summed E-state index contributed by atoms with van der Waals surface area (Å²) >= 11 is 3.47. The van der Waals surface area contributed by atoms with Crippen LogP contribution < -0.4 is 10.6 Å². The summed E-state index contributed by atoms with van der Waals surface area (Å²) in [5.41, 5.74) is 2.29. The highest BCUT2D eigenvalue weighted by Gasteiger charge is 2.08. The molecule has 7 heteroatoms. The summed E-state index contributed by atoms with van der Waals surface area (Å²) in [5.74, 6) is 1.52. The number of rotatable bonds is 4. The van der Waals surface area contributed by atoms with Gasteiger partial charge in [0.25, 0.3) is 0 Å². The Morgan fingerprint density at radius 3 is 2.67 bits per heavy atom. The first-order valence-electron chi connectivity index (χ1n) is 5.53. The second kappa shape index (κ2) is 5.34. The fourth-order valence-electron chi connectivity index (χ4n) is 1.56. The van der Waals surface area contributed by atoms with E-state index in [0.717, 1.165) is 27.4 Å². The van der Waals surface area contributed by atoms with E-state index in [9.17, 15) is 0 Å². The summed E-state index contributed by atoms with van der Waals surface area (Å²) in [6.07, 6.45) is 3.38. The average molecular weight is 311 g/mol. The topological polar surface area (TPSA) is 67.7 Å². The molecule has 2 rings (SSSR count). The second-order valence-electron chi connectivity index (χ2n) is 3.87. The normalized spacial score (nSPS) is 10.4. The third kappa shape index (κ3) is 2.45. The second-order valence-corrected chi connectivity index (χ2v) is 4.66. The zero-order valence-electron chi connectivity index (χ0n) is 10.5. The van der Waals surface area contributed by atoms with Crippen LogP contribution in [0.4, 0.5) is 11.6 Å². The van der Waals surface area contributed by atoms with E-state index in [4.69, 9.17) is 0 Å². The molecule has 0 saturated heterocycles. The van der Waals surface area contributed by atoms with Gasteiger partial charge in [0.05, 0.1) is 6.20 Å². The van der Waals surface area contributed by atoms with Gasteiger partial charge in [0.15, 0.2) is 0 Å². The van der Waals surface area contributed by atoms with Crippen molar-refractivity contribution in [1.82, 2.24) is 19.7 Å². The van der Waals surface area contributed by atoms with E-state index in [2.05, 4.69) is 41.6 Å². The van der Waals surface area contributed by atoms with Gasteiger partial charge in [-0.1, -0.05) is 0 Å². The van der Waals surface area contributed by atoms with Crippen LogP contribution in [0.2, 0.25) is 0 Å². The molecule has 0 aromatic carbocycles. The Hall–Kier alpha value is -1.63. The molecule has 2 heterocycles. The summed E-state index contributed by atoms with van der Waals surface area (Å²) in [7, 11) is 3.75. The van der Waals surface area contributed by atoms with E-state index in [1.165, 1.54) is 6.33 Å². The molecule has 2 aromatic rings. The molecule has 2 N–H and O–H groups in total. The Labute approximate surface area is 114 Å². The summed E-state index contributed by atoms with van der Waals surface area (Å²) in [6.45, 7) is 2.72. The molecule has 0 bridgehead atoms. The van der Waals surface area contributed by atoms with E-state index in [-0.39, 0.29) is 0 Å². The first kappa shape index (κ1) is 12.8. The number of hydrogen-bond acceptors (Lipinski definition) is 5. The van der Waals surface area contributed by atoms with Crippen LogP contribution in [0.15, 0.2) is 17.0 Å². The maximum atomic E-state index is 4.20. The Bertz CT molecular complexity index is 550. The maximum Gasteiger partial charge on any atom is 0.146 e. The zero-order chi connectivity index (χ0) is 13.1. The van der Waals surface area contributed by atoms with Crippen LogP contribution in [0.1, 0.15) is 11.3 Å². The minimum absolute atomic E-state index is 0.679. The van der Waals surface area contributed by atoms with Crippen LogP contribution in [0.25, 0.3) is 0 Å². The molecule has 18 heavy (non-hydrogen) atoms. The summed E-state index contributed by atoms with van der Waals surface area (Å²) in [5, 5.41) is 10.5. The first-order chi connectivity index (χ1) is 8.63. The van der Waals surface area contributed by atoms with Gasteiger partial charge in [-0.3, -0.25) is 4.68 Å². The minimum Gasteiger partial charge on any atom is -0.372 e. The van der Waals surface area contributed by atoms with Crippen molar-refractivity contribution < 1.29 is 0 Å². The lowest BCUT2D eigenvalue weighted by Gasteiger charge is -2.09. The number of aryl methyl sites for hydroxylation is 1. The van der Waals surface area contributed by atoms with Crippen LogP contribution in [0.3, 0.4) is 0 Å². The molecule has 0 aliphatic rings. The lowest BCUT2D eigenvalue weighted by Crippen LogP contribution is -2.05. The molecule has 96 valence electrons. The molecule has 2 aromatic heterocycles. The fourth-order valence-corrected chi connectivity index (χ4v) is 2.11. The molecule has 0 aliphatic heterocycles. The van der Waals surface area contributed by atoms with Gasteiger partial charge in [-0.2, -0.15) is 5.10 Å². The van der Waals surface area contributed by atoms with Gasteiger partial charge in [-0.05, 0) is 22.9 Å².